The van der Waals surface area contributed by atoms with Crippen LogP contribution in [0.3, 0.4) is 0 Å². The first-order valence-electron chi connectivity index (χ1n) is 6.98. The zero-order valence-electron chi connectivity index (χ0n) is 11.5. The summed E-state index contributed by atoms with van der Waals surface area (Å²) in [6, 6.07) is 8.28. The highest BCUT2D eigenvalue weighted by atomic mass is 79.9. The SMILES string of the molecule is CCOc1ccc(C(N)c2cc3c(s2)CCC3)c(Br)c1. The van der Waals surface area contributed by atoms with E-state index in [2.05, 4.69) is 28.1 Å². The summed E-state index contributed by atoms with van der Waals surface area (Å²) in [6.07, 6.45) is 3.73. The minimum absolute atomic E-state index is 0.0596. The molecule has 2 aromatic rings. The zero-order chi connectivity index (χ0) is 14.1. The molecule has 1 aliphatic carbocycles. The van der Waals surface area contributed by atoms with Crippen molar-refractivity contribution in [3.05, 3.63) is 49.6 Å². The minimum atomic E-state index is -0.0596. The van der Waals surface area contributed by atoms with Crippen molar-refractivity contribution in [2.75, 3.05) is 6.61 Å². The third-order valence-corrected chi connectivity index (χ3v) is 5.70. The fraction of sp³-hybridized carbons (Fsp3) is 0.375. The van der Waals surface area contributed by atoms with Crippen LogP contribution in [-0.4, -0.2) is 6.61 Å². The second-order valence-electron chi connectivity index (χ2n) is 5.04. The van der Waals surface area contributed by atoms with Gasteiger partial charge >= 0.3 is 0 Å². The Labute approximate surface area is 132 Å². The smallest absolute Gasteiger partial charge is 0.120 e. The lowest BCUT2D eigenvalue weighted by atomic mass is 10.1. The molecule has 2 nitrogen and oxygen atoms in total. The fourth-order valence-corrected chi connectivity index (χ4v) is 4.56. The van der Waals surface area contributed by atoms with Gasteiger partial charge < -0.3 is 10.5 Å². The standard InChI is InChI=1S/C16H18BrNOS/c1-2-19-11-6-7-12(13(17)9-11)16(18)15-8-10-4-3-5-14(10)20-15/h6-9,16H,2-5,18H2,1H3. The second-order valence-corrected chi connectivity index (χ2v) is 7.07. The highest BCUT2D eigenvalue weighted by Gasteiger charge is 2.20. The van der Waals surface area contributed by atoms with Gasteiger partial charge in [0.2, 0.25) is 0 Å². The summed E-state index contributed by atoms with van der Waals surface area (Å²) in [7, 11) is 0. The molecule has 0 fully saturated rings. The highest BCUT2D eigenvalue weighted by Crippen LogP contribution is 2.37. The Morgan fingerprint density at radius 3 is 2.90 bits per heavy atom. The number of halogens is 1. The van der Waals surface area contributed by atoms with Crippen molar-refractivity contribution in [1.82, 2.24) is 0 Å². The van der Waals surface area contributed by atoms with E-state index in [4.69, 9.17) is 10.5 Å². The maximum atomic E-state index is 6.44. The molecule has 2 N–H and O–H groups in total. The van der Waals surface area contributed by atoms with Gasteiger partial charge in [-0.25, -0.2) is 0 Å². The Morgan fingerprint density at radius 2 is 2.20 bits per heavy atom. The van der Waals surface area contributed by atoms with Crippen LogP contribution in [0.5, 0.6) is 5.75 Å². The largest absolute Gasteiger partial charge is 0.494 e. The molecule has 0 aliphatic heterocycles. The summed E-state index contributed by atoms with van der Waals surface area (Å²) in [4.78, 5) is 2.79. The summed E-state index contributed by atoms with van der Waals surface area (Å²) in [5, 5.41) is 0. The van der Waals surface area contributed by atoms with Crippen molar-refractivity contribution >= 4 is 27.3 Å². The van der Waals surface area contributed by atoms with Gasteiger partial charge in [-0.05, 0) is 55.5 Å². The summed E-state index contributed by atoms with van der Waals surface area (Å²) < 4.78 is 6.53. The monoisotopic (exact) mass is 351 g/mol. The van der Waals surface area contributed by atoms with Crippen molar-refractivity contribution in [3.63, 3.8) is 0 Å². The maximum Gasteiger partial charge on any atom is 0.120 e. The summed E-state index contributed by atoms with van der Waals surface area (Å²) in [5.41, 5.74) is 9.06. The van der Waals surface area contributed by atoms with Gasteiger partial charge in [-0.15, -0.1) is 11.3 Å². The Kier molecular flexibility index (Phi) is 4.15. The van der Waals surface area contributed by atoms with Crippen molar-refractivity contribution in [3.8, 4) is 5.75 Å². The van der Waals surface area contributed by atoms with Gasteiger partial charge in [0.15, 0.2) is 0 Å². The molecular weight excluding hydrogens is 334 g/mol. The number of thiophene rings is 1. The molecule has 20 heavy (non-hydrogen) atoms. The molecule has 1 unspecified atom stereocenters. The molecule has 1 aromatic carbocycles. The van der Waals surface area contributed by atoms with Gasteiger partial charge in [0.05, 0.1) is 12.6 Å². The molecule has 106 valence electrons. The third-order valence-electron chi connectivity index (χ3n) is 3.69. The predicted molar refractivity (Wildman–Crippen MR) is 87.7 cm³/mol. The summed E-state index contributed by atoms with van der Waals surface area (Å²) in [6.45, 7) is 2.66. The number of benzene rings is 1. The van der Waals surface area contributed by atoms with Crippen molar-refractivity contribution in [2.24, 2.45) is 5.73 Å². The van der Waals surface area contributed by atoms with Crippen LogP contribution in [0, 0.1) is 0 Å². The molecule has 0 saturated heterocycles. The van der Waals surface area contributed by atoms with Gasteiger partial charge in [0.25, 0.3) is 0 Å². The number of nitrogens with two attached hydrogens (primary N) is 1. The average Bonchev–Trinajstić information content (AvgIpc) is 2.99. The van der Waals surface area contributed by atoms with E-state index in [-0.39, 0.29) is 6.04 Å². The number of hydrogen-bond acceptors (Lipinski definition) is 3. The van der Waals surface area contributed by atoms with Gasteiger partial charge in [-0.1, -0.05) is 22.0 Å². The number of fused-ring (bicyclic) bond motifs is 1. The number of ether oxygens (including phenoxy) is 1. The number of hydrogen-bond donors (Lipinski definition) is 1. The van der Waals surface area contributed by atoms with Crippen LogP contribution in [0.25, 0.3) is 0 Å². The number of aryl methyl sites for hydroxylation is 2. The quantitative estimate of drug-likeness (QED) is 0.883. The van der Waals surface area contributed by atoms with E-state index < -0.39 is 0 Å². The molecule has 1 aromatic heterocycles. The first-order valence-corrected chi connectivity index (χ1v) is 8.59. The normalized spacial score (nSPS) is 15.2. The van der Waals surface area contributed by atoms with E-state index in [0.717, 1.165) is 15.8 Å². The lowest BCUT2D eigenvalue weighted by Gasteiger charge is -2.14. The lowest BCUT2D eigenvalue weighted by Crippen LogP contribution is -2.11. The van der Waals surface area contributed by atoms with Gasteiger partial charge in [-0.2, -0.15) is 0 Å². The van der Waals surface area contributed by atoms with E-state index in [0.29, 0.717) is 6.61 Å². The molecule has 0 bridgehead atoms. The molecule has 0 saturated carbocycles. The first kappa shape index (κ1) is 14.1. The molecule has 1 atom stereocenters. The van der Waals surface area contributed by atoms with E-state index in [9.17, 15) is 0 Å². The van der Waals surface area contributed by atoms with Crippen LogP contribution in [0.15, 0.2) is 28.7 Å². The molecule has 3 rings (SSSR count). The van der Waals surface area contributed by atoms with Crippen molar-refractivity contribution in [1.29, 1.82) is 0 Å². The maximum absolute atomic E-state index is 6.44. The van der Waals surface area contributed by atoms with Crippen molar-refractivity contribution < 1.29 is 4.74 Å². The summed E-state index contributed by atoms with van der Waals surface area (Å²) in [5.74, 6) is 0.879. The average molecular weight is 352 g/mol. The molecular formula is C16H18BrNOS. The van der Waals surface area contributed by atoms with Gasteiger partial charge in [0, 0.05) is 14.2 Å². The van der Waals surface area contributed by atoms with Gasteiger partial charge in [0.1, 0.15) is 5.75 Å². The van der Waals surface area contributed by atoms with E-state index in [1.165, 1.54) is 34.6 Å². The van der Waals surface area contributed by atoms with E-state index >= 15 is 0 Å². The Balaban J connectivity index is 1.87. The molecule has 0 spiro atoms. The Morgan fingerprint density at radius 1 is 1.35 bits per heavy atom. The second kappa shape index (κ2) is 5.88. The fourth-order valence-electron chi connectivity index (χ4n) is 2.68. The highest BCUT2D eigenvalue weighted by molar-refractivity contribution is 9.10. The Hall–Kier alpha value is -0.840. The molecule has 1 heterocycles. The molecule has 4 heteroatoms. The Bertz CT molecular complexity index is 601. The topological polar surface area (TPSA) is 35.2 Å². The zero-order valence-corrected chi connectivity index (χ0v) is 13.9. The summed E-state index contributed by atoms with van der Waals surface area (Å²) >= 11 is 5.49. The predicted octanol–water partition coefficient (Wildman–Crippen LogP) is 4.45. The molecule has 0 radical (unpaired) electrons. The van der Waals surface area contributed by atoms with Crippen LogP contribution >= 0.6 is 27.3 Å². The lowest BCUT2D eigenvalue weighted by molar-refractivity contribution is 0.340. The third kappa shape index (κ3) is 2.65. The molecule has 0 amide bonds. The van der Waals surface area contributed by atoms with E-state index in [1.54, 1.807) is 0 Å². The number of rotatable bonds is 4. The van der Waals surface area contributed by atoms with Gasteiger partial charge in [-0.3, -0.25) is 0 Å². The van der Waals surface area contributed by atoms with Crippen LogP contribution in [0.2, 0.25) is 0 Å². The minimum Gasteiger partial charge on any atom is -0.494 e. The first-order chi connectivity index (χ1) is 9.69. The van der Waals surface area contributed by atoms with Crippen molar-refractivity contribution in [2.45, 2.75) is 32.2 Å². The van der Waals surface area contributed by atoms with Crippen LogP contribution in [-0.2, 0) is 12.8 Å². The van der Waals surface area contributed by atoms with Crippen LogP contribution in [0.1, 0.15) is 40.3 Å². The van der Waals surface area contributed by atoms with Crippen LogP contribution in [0.4, 0.5) is 0 Å². The van der Waals surface area contributed by atoms with E-state index in [1.807, 2.05) is 30.4 Å². The molecule has 1 aliphatic rings. The van der Waals surface area contributed by atoms with Crippen LogP contribution < -0.4 is 10.5 Å².